The van der Waals surface area contributed by atoms with Gasteiger partial charge < -0.3 is 19.9 Å². The summed E-state index contributed by atoms with van der Waals surface area (Å²) in [4.78, 5) is 23.7. The average molecular weight is 343 g/mol. The normalized spacial score (nSPS) is 18.5. The number of alkyl carbamates (subject to hydrolysis) is 1. The Morgan fingerprint density at radius 3 is 2.38 bits per heavy atom. The van der Waals surface area contributed by atoms with Crippen molar-refractivity contribution in [3.8, 4) is 0 Å². The summed E-state index contributed by atoms with van der Waals surface area (Å²) in [6.07, 6.45) is 4.78. The summed E-state index contributed by atoms with van der Waals surface area (Å²) in [5.41, 5.74) is -0.606. The molecule has 0 saturated heterocycles. The van der Waals surface area contributed by atoms with Gasteiger partial charge in [0.05, 0.1) is 25.2 Å². The summed E-state index contributed by atoms with van der Waals surface area (Å²) < 4.78 is 10.2. The van der Waals surface area contributed by atoms with Crippen molar-refractivity contribution in [1.82, 2.24) is 5.32 Å². The summed E-state index contributed by atoms with van der Waals surface area (Å²) in [6, 6.07) is -0.507. The molecule has 0 heterocycles. The number of nitrogens with one attached hydrogen (secondary N) is 1. The van der Waals surface area contributed by atoms with Crippen LogP contribution in [0.1, 0.15) is 72.6 Å². The second-order valence-electron chi connectivity index (χ2n) is 7.57. The minimum Gasteiger partial charge on any atom is -0.466 e. The Kier molecular flexibility index (Phi) is 8.53. The van der Waals surface area contributed by atoms with Crippen LogP contribution in [0.4, 0.5) is 4.79 Å². The Morgan fingerprint density at radius 2 is 1.83 bits per heavy atom. The second kappa shape index (κ2) is 9.87. The fourth-order valence-corrected chi connectivity index (χ4v) is 3.09. The van der Waals surface area contributed by atoms with E-state index in [0.29, 0.717) is 12.3 Å². The SMILES string of the molecule is CCOC(=O)C[C@H](O)[C@H](CC1CCCCC1)NC(=O)OC(C)(C)C. The first kappa shape index (κ1) is 20.7. The van der Waals surface area contributed by atoms with Crippen LogP contribution in [0.2, 0.25) is 0 Å². The molecule has 0 aliphatic heterocycles. The molecule has 0 bridgehead atoms. The van der Waals surface area contributed by atoms with E-state index in [9.17, 15) is 14.7 Å². The largest absolute Gasteiger partial charge is 0.466 e. The standard InChI is InChI=1S/C18H33NO5/c1-5-23-16(21)12-15(20)14(11-13-9-7-6-8-10-13)19-17(22)24-18(2,3)4/h13-15,20H,5-12H2,1-4H3,(H,19,22)/t14-,15-/m0/s1. The molecular weight excluding hydrogens is 310 g/mol. The van der Waals surface area contributed by atoms with Gasteiger partial charge in [0.1, 0.15) is 5.60 Å². The van der Waals surface area contributed by atoms with E-state index >= 15 is 0 Å². The van der Waals surface area contributed by atoms with Crippen molar-refractivity contribution < 1.29 is 24.2 Å². The van der Waals surface area contributed by atoms with E-state index in [1.165, 1.54) is 19.3 Å². The highest BCUT2D eigenvalue weighted by Crippen LogP contribution is 2.28. The van der Waals surface area contributed by atoms with Crippen LogP contribution in [-0.2, 0) is 14.3 Å². The van der Waals surface area contributed by atoms with Gasteiger partial charge in [-0.15, -0.1) is 0 Å². The van der Waals surface area contributed by atoms with Crippen molar-refractivity contribution in [2.45, 2.75) is 90.4 Å². The topological polar surface area (TPSA) is 84.9 Å². The molecule has 2 N–H and O–H groups in total. The lowest BCUT2D eigenvalue weighted by molar-refractivity contribution is -0.145. The fourth-order valence-electron chi connectivity index (χ4n) is 3.09. The van der Waals surface area contributed by atoms with Crippen molar-refractivity contribution in [3.05, 3.63) is 0 Å². The van der Waals surface area contributed by atoms with Gasteiger partial charge in [-0.1, -0.05) is 32.1 Å². The number of aliphatic hydroxyl groups is 1. The fraction of sp³-hybridized carbons (Fsp3) is 0.889. The first-order valence-corrected chi connectivity index (χ1v) is 9.04. The lowest BCUT2D eigenvalue weighted by Gasteiger charge is -2.30. The van der Waals surface area contributed by atoms with E-state index in [-0.39, 0.29) is 13.0 Å². The van der Waals surface area contributed by atoms with Crippen molar-refractivity contribution >= 4 is 12.1 Å². The van der Waals surface area contributed by atoms with Crippen LogP contribution in [0.25, 0.3) is 0 Å². The van der Waals surface area contributed by atoms with Gasteiger partial charge in [0.15, 0.2) is 0 Å². The zero-order chi connectivity index (χ0) is 18.2. The molecule has 1 aliphatic rings. The summed E-state index contributed by atoms with van der Waals surface area (Å²) in [5.74, 6) is 0.000153. The summed E-state index contributed by atoms with van der Waals surface area (Å²) in [7, 11) is 0. The van der Waals surface area contributed by atoms with Crippen LogP contribution in [0.15, 0.2) is 0 Å². The molecule has 0 aromatic rings. The molecule has 6 heteroatoms. The number of carbonyl (C=O) groups is 2. The summed E-state index contributed by atoms with van der Waals surface area (Å²) >= 11 is 0. The quantitative estimate of drug-likeness (QED) is 0.694. The molecule has 140 valence electrons. The molecule has 0 unspecified atom stereocenters. The Balaban J connectivity index is 2.66. The molecule has 0 aromatic heterocycles. The smallest absolute Gasteiger partial charge is 0.407 e. The van der Waals surface area contributed by atoms with E-state index in [4.69, 9.17) is 9.47 Å². The third kappa shape index (κ3) is 8.52. The maximum absolute atomic E-state index is 12.1. The van der Waals surface area contributed by atoms with Crippen LogP contribution in [0.5, 0.6) is 0 Å². The molecule has 24 heavy (non-hydrogen) atoms. The average Bonchev–Trinajstić information content (AvgIpc) is 2.45. The van der Waals surface area contributed by atoms with Gasteiger partial charge in [-0.2, -0.15) is 0 Å². The molecule has 0 spiro atoms. The zero-order valence-corrected chi connectivity index (χ0v) is 15.5. The van der Waals surface area contributed by atoms with Gasteiger partial charge in [-0.3, -0.25) is 4.79 Å². The molecule has 0 aromatic carbocycles. The maximum Gasteiger partial charge on any atom is 0.407 e. The Bertz CT molecular complexity index is 399. The summed E-state index contributed by atoms with van der Waals surface area (Å²) in [6.45, 7) is 7.37. The van der Waals surface area contributed by atoms with Crippen LogP contribution in [0, 0.1) is 5.92 Å². The first-order chi connectivity index (χ1) is 11.2. The number of hydrogen-bond acceptors (Lipinski definition) is 5. The lowest BCUT2D eigenvalue weighted by atomic mass is 9.83. The van der Waals surface area contributed by atoms with Crippen molar-refractivity contribution in [2.75, 3.05) is 6.61 Å². The zero-order valence-electron chi connectivity index (χ0n) is 15.5. The first-order valence-electron chi connectivity index (χ1n) is 9.04. The Morgan fingerprint density at radius 1 is 1.21 bits per heavy atom. The third-order valence-electron chi connectivity index (χ3n) is 4.16. The molecule has 1 amide bonds. The number of ether oxygens (including phenoxy) is 2. The molecule has 1 saturated carbocycles. The maximum atomic E-state index is 12.1. The molecule has 0 radical (unpaired) electrons. The molecule has 2 atom stereocenters. The third-order valence-corrected chi connectivity index (χ3v) is 4.16. The van der Waals surface area contributed by atoms with Gasteiger partial charge in [0.25, 0.3) is 0 Å². The van der Waals surface area contributed by atoms with Gasteiger partial charge in [0, 0.05) is 0 Å². The highest BCUT2D eigenvalue weighted by atomic mass is 16.6. The number of aliphatic hydroxyl groups excluding tert-OH is 1. The van der Waals surface area contributed by atoms with Crippen LogP contribution < -0.4 is 5.32 Å². The Labute approximate surface area is 145 Å². The van der Waals surface area contributed by atoms with E-state index in [1.807, 2.05) is 0 Å². The van der Waals surface area contributed by atoms with Crippen molar-refractivity contribution in [3.63, 3.8) is 0 Å². The van der Waals surface area contributed by atoms with Gasteiger partial charge in [-0.25, -0.2) is 4.79 Å². The minimum absolute atomic E-state index is 0.124. The van der Waals surface area contributed by atoms with E-state index in [2.05, 4.69) is 5.32 Å². The number of rotatable bonds is 7. The van der Waals surface area contributed by atoms with E-state index < -0.39 is 29.8 Å². The second-order valence-corrected chi connectivity index (χ2v) is 7.57. The highest BCUT2D eigenvalue weighted by Gasteiger charge is 2.29. The minimum atomic E-state index is -0.974. The van der Waals surface area contributed by atoms with Crippen molar-refractivity contribution in [1.29, 1.82) is 0 Å². The molecule has 1 rings (SSSR count). The highest BCUT2D eigenvalue weighted by molar-refractivity contribution is 5.71. The predicted molar refractivity (Wildman–Crippen MR) is 91.6 cm³/mol. The monoisotopic (exact) mass is 343 g/mol. The van der Waals surface area contributed by atoms with E-state index in [0.717, 1.165) is 12.8 Å². The van der Waals surface area contributed by atoms with Crippen molar-refractivity contribution in [2.24, 2.45) is 5.92 Å². The number of esters is 1. The van der Waals surface area contributed by atoms with Crippen LogP contribution >= 0.6 is 0 Å². The van der Waals surface area contributed by atoms with Crippen LogP contribution in [0.3, 0.4) is 0 Å². The molecule has 6 nitrogen and oxygen atoms in total. The van der Waals surface area contributed by atoms with Gasteiger partial charge >= 0.3 is 12.1 Å². The van der Waals surface area contributed by atoms with Crippen LogP contribution in [-0.4, -0.2) is 41.5 Å². The summed E-state index contributed by atoms with van der Waals surface area (Å²) in [5, 5.41) is 13.2. The molecule has 1 aliphatic carbocycles. The Hall–Kier alpha value is -1.30. The van der Waals surface area contributed by atoms with Gasteiger partial charge in [0.2, 0.25) is 0 Å². The molecule has 1 fully saturated rings. The van der Waals surface area contributed by atoms with Gasteiger partial charge in [-0.05, 0) is 40.0 Å². The van der Waals surface area contributed by atoms with E-state index in [1.54, 1.807) is 27.7 Å². The lowest BCUT2D eigenvalue weighted by Crippen LogP contribution is -2.47. The molecular formula is C18H33NO5. The number of hydrogen-bond donors (Lipinski definition) is 2. The predicted octanol–water partition coefficient (Wildman–Crippen LogP) is 3.16. The number of amides is 1. The number of carbonyl (C=O) groups excluding carboxylic acids is 2.